The van der Waals surface area contributed by atoms with Crippen LogP contribution >= 0.6 is 11.8 Å². The van der Waals surface area contributed by atoms with E-state index in [0.29, 0.717) is 21.9 Å². The van der Waals surface area contributed by atoms with Crippen molar-refractivity contribution in [2.45, 2.75) is 4.90 Å². The smallest absolute Gasteiger partial charge is 0.283 e. The predicted molar refractivity (Wildman–Crippen MR) is 101 cm³/mol. The van der Waals surface area contributed by atoms with E-state index in [9.17, 15) is 19.7 Å². The number of rotatable bonds is 6. The average molecular weight is 385 g/mol. The Hall–Kier alpha value is -3.17. The highest BCUT2D eigenvalue weighted by Gasteiger charge is 2.34. The first kappa shape index (κ1) is 18.6. The van der Waals surface area contributed by atoms with Crippen molar-refractivity contribution in [2.75, 3.05) is 17.4 Å². The Morgan fingerprint density at radius 1 is 1.19 bits per heavy atom. The maximum Gasteiger partial charge on any atom is 0.283 e. The lowest BCUT2D eigenvalue weighted by molar-refractivity contribution is -0.387. The molecule has 1 saturated heterocycles. The number of hydrogen-bond donors (Lipinski definition) is 2. The van der Waals surface area contributed by atoms with E-state index in [1.807, 2.05) is 0 Å². The van der Waals surface area contributed by atoms with E-state index in [-0.39, 0.29) is 17.9 Å². The second kappa shape index (κ2) is 8.02. The molecule has 2 N–H and O–H groups in total. The molecule has 0 radical (unpaired) electrons. The second-order valence-electron chi connectivity index (χ2n) is 5.53. The zero-order chi connectivity index (χ0) is 19.4. The number of para-hydroxylation sites is 1. The first-order chi connectivity index (χ1) is 13.0. The summed E-state index contributed by atoms with van der Waals surface area (Å²) in [6.07, 6.45) is 1.33. The summed E-state index contributed by atoms with van der Waals surface area (Å²) < 4.78 is 0. The third-order valence-electron chi connectivity index (χ3n) is 3.75. The molecular formula is C18H15N3O5S. The molecule has 3 rings (SSSR count). The molecule has 1 fully saturated rings. The van der Waals surface area contributed by atoms with Gasteiger partial charge in [-0.15, -0.1) is 11.8 Å². The maximum atomic E-state index is 12.6. The Morgan fingerprint density at radius 2 is 1.93 bits per heavy atom. The van der Waals surface area contributed by atoms with Gasteiger partial charge >= 0.3 is 0 Å². The summed E-state index contributed by atoms with van der Waals surface area (Å²) >= 11 is 1.16. The van der Waals surface area contributed by atoms with Crippen molar-refractivity contribution in [1.82, 2.24) is 5.43 Å². The Labute approximate surface area is 158 Å². The average Bonchev–Trinajstić information content (AvgIpc) is 2.95. The molecule has 1 heterocycles. The van der Waals surface area contributed by atoms with Crippen molar-refractivity contribution in [3.05, 3.63) is 69.8 Å². The number of carbonyl (C=O) groups excluding carboxylic acids is 2. The molecule has 1 aliphatic rings. The van der Waals surface area contributed by atoms with Gasteiger partial charge in [-0.2, -0.15) is 0 Å². The lowest BCUT2D eigenvalue weighted by atomic mass is 10.1. The third kappa shape index (κ3) is 3.99. The summed E-state index contributed by atoms with van der Waals surface area (Å²) in [6.45, 7) is -0.0996. The van der Waals surface area contributed by atoms with Crippen LogP contribution in [0.25, 0.3) is 6.08 Å². The number of benzene rings is 2. The van der Waals surface area contributed by atoms with Gasteiger partial charge in [0.25, 0.3) is 17.5 Å². The number of carbonyl (C=O) groups is 2. The van der Waals surface area contributed by atoms with Crippen LogP contribution in [0, 0.1) is 10.1 Å². The van der Waals surface area contributed by atoms with E-state index in [2.05, 4.69) is 5.43 Å². The molecule has 27 heavy (non-hydrogen) atoms. The van der Waals surface area contributed by atoms with Crippen LogP contribution in [0.3, 0.4) is 0 Å². The number of aliphatic hydroxyl groups excluding tert-OH is 1. The normalized spacial score (nSPS) is 15.3. The first-order valence-corrected chi connectivity index (χ1v) is 8.94. The number of amides is 2. The van der Waals surface area contributed by atoms with Crippen LogP contribution in [0.5, 0.6) is 0 Å². The zero-order valence-corrected chi connectivity index (χ0v) is 14.8. The molecule has 8 nitrogen and oxygen atoms in total. The second-order valence-corrected chi connectivity index (χ2v) is 6.67. The summed E-state index contributed by atoms with van der Waals surface area (Å²) in [5.74, 6) is -0.786. The molecule has 0 spiro atoms. The molecule has 0 unspecified atom stereocenters. The van der Waals surface area contributed by atoms with Crippen LogP contribution in [0.1, 0.15) is 5.56 Å². The molecule has 0 saturated carbocycles. The molecule has 0 aliphatic carbocycles. The van der Waals surface area contributed by atoms with Gasteiger partial charge in [0.15, 0.2) is 0 Å². The lowest BCUT2D eigenvalue weighted by Crippen LogP contribution is -2.35. The predicted octanol–water partition coefficient (Wildman–Crippen LogP) is 2.14. The quantitative estimate of drug-likeness (QED) is 0.259. The van der Waals surface area contributed by atoms with Crippen molar-refractivity contribution in [2.24, 2.45) is 0 Å². The summed E-state index contributed by atoms with van der Waals surface area (Å²) in [4.78, 5) is 35.9. The Kier molecular flexibility index (Phi) is 5.53. The summed E-state index contributed by atoms with van der Waals surface area (Å²) in [6, 6.07) is 13.1. The molecule has 1 aliphatic heterocycles. The molecule has 0 aromatic heterocycles. The third-order valence-corrected chi connectivity index (χ3v) is 4.79. The van der Waals surface area contributed by atoms with Crippen molar-refractivity contribution >= 4 is 41.0 Å². The van der Waals surface area contributed by atoms with Crippen molar-refractivity contribution in [3.63, 3.8) is 0 Å². The van der Waals surface area contributed by atoms with Crippen LogP contribution in [0.2, 0.25) is 0 Å². The van der Waals surface area contributed by atoms with E-state index in [4.69, 9.17) is 5.11 Å². The van der Waals surface area contributed by atoms with Crippen molar-refractivity contribution in [1.29, 1.82) is 0 Å². The molecule has 0 bridgehead atoms. The minimum atomic E-state index is -0.578. The summed E-state index contributed by atoms with van der Waals surface area (Å²) in [7, 11) is 0. The molecule has 2 amide bonds. The van der Waals surface area contributed by atoms with Gasteiger partial charge in [0.1, 0.15) is 5.57 Å². The number of nitro benzene ring substituents is 1. The highest BCUT2D eigenvalue weighted by atomic mass is 32.2. The number of anilines is 1. The number of nitro groups is 1. The number of nitrogens with zero attached hydrogens (tertiary/aromatic N) is 2. The highest BCUT2D eigenvalue weighted by Crippen LogP contribution is 2.31. The van der Waals surface area contributed by atoms with Gasteiger partial charge in [-0.1, -0.05) is 24.3 Å². The Bertz CT molecular complexity index is 930. The summed E-state index contributed by atoms with van der Waals surface area (Å²) in [5.41, 5.74) is 3.10. The molecular weight excluding hydrogens is 370 g/mol. The molecule has 2 aromatic rings. The molecule has 138 valence electrons. The Morgan fingerprint density at radius 3 is 2.59 bits per heavy atom. The van der Waals surface area contributed by atoms with Crippen LogP contribution in [0.15, 0.2) is 59.0 Å². The van der Waals surface area contributed by atoms with E-state index >= 15 is 0 Å². The summed E-state index contributed by atoms with van der Waals surface area (Å²) in [5, 5.41) is 21.3. The van der Waals surface area contributed by atoms with Gasteiger partial charge in [0.05, 0.1) is 22.1 Å². The van der Waals surface area contributed by atoms with Gasteiger partial charge in [0.2, 0.25) is 0 Å². The number of thioether (sulfide) groups is 1. The number of hydrogen-bond acceptors (Lipinski definition) is 6. The topological polar surface area (TPSA) is 113 Å². The molecule has 9 heteroatoms. The van der Waals surface area contributed by atoms with Gasteiger partial charge in [-0.3, -0.25) is 25.1 Å². The van der Waals surface area contributed by atoms with Gasteiger partial charge < -0.3 is 5.11 Å². The van der Waals surface area contributed by atoms with E-state index in [1.165, 1.54) is 18.2 Å². The van der Waals surface area contributed by atoms with E-state index in [1.54, 1.807) is 36.4 Å². The largest absolute Gasteiger partial charge is 0.396 e. The first-order valence-electron chi connectivity index (χ1n) is 7.95. The minimum absolute atomic E-state index is 0.0996. The molecule has 0 atom stereocenters. The highest BCUT2D eigenvalue weighted by molar-refractivity contribution is 7.99. The number of aliphatic hydroxyl groups is 1. The van der Waals surface area contributed by atoms with Gasteiger partial charge in [-0.05, 0) is 29.8 Å². The van der Waals surface area contributed by atoms with Crippen LogP contribution < -0.4 is 10.4 Å². The van der Waals surface area contributed by atoms with Crippen LogP contribution in [-0.4, -0.2) is 34.2 Å². The van der Waals surface area contributed by atoms with Gasteiger partial charge in [-0.25, -0.2) is 5.01 Å². The van der Waals surface area contributed by atoms with Crippen LogP contribution in [0.4, 0.5) is 11.4 Å². The fraction of sp³-hybridized carbons (Fsp3) is 0.111. The van der Waals surface area contributed by atoms with Crippen molar-refractivity contribution in [3.8, 4) is 0 Å². The molecule has 2 aromatic carbocycles. The fourth-order valence-electron chi connectivity index (χ4n) is 2.53. The standard InChI is InChI=1S/C18H15N3O5S/c22-8-9-27-16-7-6-12(11-15(16)21(25)26)10-14-17(23)19-20(18(14)24)13-4-2-1-3-5-13/h1-7,10-11,22H,8-9H2,(H,19,23)/b14-10+. The lowest BCUT2D eigenvalue weighted by Gasteiger charge is -2.13. The monoisotopic (exact) mass is 385 g/mol. The minimum Gasteiger partial charge on any atom is -0.396 e. The Balaban J connectivity index is 1.92. The zero-order valence-electron chi connectivity index (χ0n) is 14.0. The fourth-order valence-corrected chi connectivity index (χ4v) is 3.28. The van der Waals surface area contributed by atoms with Crippen molar-refractivity contribution < 1.29 is 19.6 Å². The number of nitrogens with one attached hydrogen (secondary N) is 1. The maximum absolute atomic E-state index is 12.6. The van der Waals surface area contributed by atoms with Crippen LogP contribution in [-0.2, 0) is 9.59 Å². The number of hydrazine groups is 1. The SMILES string of the molecule is O=C1NN(c2ccccc2)C(=O)/C1=C/c1ccc(SCCO)c([N+](=O)[O-])c1. The van der Waals surface area contributed by atoms with E-state index in [0.717, 1.165) is 16.8 Å². The van der Waals surface area contributed by atoms with Gasteiger partial charge in [0, 0.05) is 11.8 Å². The van der Waals surface area contributed by atoms with E-state index < -0.39 is 16.7 Å².